The third-order valence-corrected chi connectivity index (χ3v) is 5.41. The lowest BCUT2D eigenvalue weighted by Crippen LogP contribution is -2.45. The Balaban J connectivity index is 2.04. The molecule has 1 N–H and O–H groups in total. The number of nitrogens with one attached hydrogen (secondary N) is 1. The summed E-state index contributed by atoms with van der Waals surface area (Å²) in [5.74, 6) is 2.48. The van der Waals surface area contributed by atoms with Gasteiger partial charge in [-0.3, -0.25) is 9.89 Å². The van der Waals surface area contributed by atoms with E-state index in [-0.39, 0.29) is 0 Å². The molecule has 0 spiro atoms. The number of benzene rings is 1. The molecule has 1 heterocycles. The molecule has 0 bridgehead atoms. The highest BCUT2D eigenvalue weighted by atomic mass is 16.5. The van der Waals surface area contributed by atoms with Crippen LogP contribution in [0.5, 0.6) is 5.75 Å². The lowest BCUT2D eigenvalue weighted by Gasteiger charge is -2.40. The summed E-state index contributed by atoms with van der Waals surface area (Å²) < 4.78 is 5.32. The zero-order chi connectivity index (χ0) is 18.9. The van der Waals surface area contributed by atoms with Gasteiger partial charge < -0.3 is 15.0 Å². The van der Waals surface area contributed by atoms with Crippen molar-refractivity contribution in [2.45, 2.75) is 38.6 Å². The molecule has 1 saturated heterocycles. The average Bonchev–Trinajstić information content (AvgIpc) is 2.67. The highest BCUT2D eigenvalue weighted by Crippen LogP contribution is 2.35. The number of hydrogen-bond acceptors (Lipinski definition) is 3. The standard InChI is InChI=1S/C21H36N4O/c1-6-7-14-25(4)21(22-2)23-16-18-9-8-15-24(3)20(18)17-10-12-19(26-5)13-11-17/h10-13,18,20H,6-9,14-16H2,1-5H3,(H,22,23). The van der Waals surface area contributed by atoms with Crippen LogP contribution in [0.15, 0.2) is 29.3 Å². The number of guanidine groups is 1. The van der Waals surface area contributed by atoms with E-state index in [9.17, 15) is 0 Å². The zero-order valence-corrected chi connectivity index (χ0v) is 17.2. The molecule has 146 valence electrons. The summed E-state index contributed by atoms with van der Waals surface area (Å²) in [4.78, 5) is 9.19. The lowest BCUT2D eigenvalue weighted by molar-refractivity contribution is 0.122. The molecule has 1 aliphatic heterocycles. The van der Waals surface area contributed by atoms with Gasteiger partial charge >= 0.3 is 0 Å². The molecular weight excluding hydrogens is 324 g/mol. The Kier molecular flexibility index (Phi) is 8.23. The first-order valence-electron chi connectivity index (χ1n) is 9.86. The molecule has 0 saturated carbocycles. The van der Waals surface area contributed by atoms with Crippen LogP contribution in [0.3, 0.4) is 0 Å². The predicted molar refractivity (Wildman–Crippen MR) is 110 cm³/mol. The van der Waals surface area contributed by atoms with Crippen LogP contribution in [0.4, 0.5) is 0 Å². The number of ether oxygens (including phenoxy) is 1. The van der Waals surface area contributed by atoms with Gasteiger partial charge in [-0.05, 0) is 56.5 Å². The van der Waals surface area contributed by atoms with Crippen molar-refractivity contribution >= 4 is 5.96 Å². The Labute approximate surface area is 159 Å². The van der Waals surface area contributed by atoms with Crippen molar-refractivity contribution in [3.63, 3.8) is 0 Å². The smallest absolute Gasteiger partial charge is 0.193 e. The molecule has 5 heteroatoms. The van der Waals surface area contributed by atoms with Crippen molar-refractivity contribution in [1.82, 2.24) is 15.1 Å². The number of likely N-dealkylation sites (tertiary alicyclic amines) is 1. The van der Waals surface area contributed by atoms with Gasteiger partial charge in [-0.2, -0.15) is 0 Å². The molecule has 1 aromatic carbocycles. The fraction of sp³-hybridized carbons (Fsp3) is 0.667. The van der Waals surface area contributed by atoms with Crippen LogP contribution >= 0.6 is 0 Å². The highest BCUT2D eigenvalue weighted by Gasteiger charge is 2.30. The van der Waals surface area contributed by atoms with E-state index in [1.54, 1.807) is 7.11 Å². The first-order chi connectivity index (χ1) is 12.6. The first kappa shape index (κ1) is 20.6. The van der Waals surface area contributed by atoms with Crippen molar-refractivity contribution in [1.29, 1.82) is 0 Å². The minimum Gasteiger partial charge on any atom is -0.497 e. The average molecular weight is 361 g/mol. The molecule has 0 aromatic heterocycles. The summed E-state index contributed by atoms with van der Waals surface area (Å²) in [6, 6.07) is 8.99. The van der Waals surface area contributed by atoms with Gasteiger partial charge in [0.15, 0.2) is 5.96 Å². The van der Waals surface area contributed by atoms with Crippen LogP contribution < -0.4 is 10.1 Å². The van der Waals surface area contributed by atoms with Gasteiger partial charge in [0.2, 0.25) is 0 Å². The van der Waals surface area contributed by atoms with Gasteiger partial charge in [-0.25, -0.2) is 0 Å². The summed E-state index contributed by atoms with van der Waals surface area (Å²) in [5, 5.41) is 3.62. The van der Waals surface area contributed by atoms with Crippen LogP contribution in [-0.4, -0.2) is 63.6 Å². The van der Waals surface area contributed by atoms with E-state index < -0.39 is 0 Å². The van der Waals surface area contributed by atoms with Gasteiger partial charge in [0.25, 0.3) is 0 Å². The van der Waals surface area contributed by atoms with E-state index in [4.69, 9.17) is 4.74 Å². The predicted octanol–water partition coefficient (Wildman–Crippen LogP) is 3.39. The van der Waals surface area contributed by atoms with Gasteiger partial charge in [-0.1, -0.05) is 25.5 Å². The third kappa shape index (κ3) is 5.37. The van der Waals surface area contributed by atoms with E-state index in [1.807, 2.05) is 7.05 Å². The fourth-order valence-electron chi connectivity index (χ4n) is 3.91. The quantitative estimate of drug-likeness (QED) is 0.598. The Morgan fingerprint density at radius 2 is 2.08 bits per heavy atom. The van der Waals surface area contributed by atoms with Crippen molar-refractivity contribution < 1.29 is 4.74 Å². The molecule has 2 atom stereocenters. The monoisotopic (exact) mass is 360 g/mol. The van der Waals surface area contributed by atoms with Crippen molar-refractivity contribution in [3.8, 4) is 5.75 Å². The second kappa shape index (κ2) is 10.4. The molecule has 26 heavy (non-hydrogen) atoms. The first-order valence-corrected chi connectivity index (χ1v) is 9.86. The normalized spacial score (nSPS) is 21.5. The maximum absolute atomic E-state index is 5.32. The van der Waals surface area contributed by atoms with E-state index >= 15 is 0 Å². The number of nitrogens with zero attached hydrogens (tertiary/aromatic N) is 3. The Morgan fingerprint density at radius 3 is 2.69 bits per heavy atom. The Morgan fingerprint density at radius 1 is 1.35 bits per heavy atom. The van der Waals surface area contributed by atoms with Gasteiger partial charge in [0.05, 0.1) is 7.11 Å². The van der Waals surface area contributed by atoms with Gasteiger partial charge in [0, 0.05) is 33.2 Å². The Hall–Kier alpha value is -1.75. The summed E-state index contributed by atoms with van der Waals surface area (Å²) in [6.07, 6.45) is 4.88. The number of hydrogen-bond donors (Lipinski definition) is 1. The number of aliphatic imine (C=N–C) groups is 1. The van der Waals surface area contributed by atoms with Crippen LogP contribution in [0.2, 0.25) is 0 Å². The molecule has 0 radical (unpaired) electrons. The second-order valence-corrected chi connectivity index (χ2v) is 7.30. The molecular formula is C21H36N4O. The third-order valence-electron chi connectivity index (χ3n) is 5.41. The summed E-state index contributed by atoms with van der Waals surface area (Å²) in [6.45, 7) is 5.37. The minimum atomic E-state index is 0.432. The topological polar surface area (TPSA) is 40.1 Å². The maximum Gasteiger partial charge on any atom is 0.193 e. The SMILES string of the molecule is CCCCN(C)C(=NC)NCC1CCCN(C)C1c1ccc(OC)cc1. The molecule has 1 aromatic rings. The van der Waals surface area contributed by atoms with Crippen LogP contribution in [0.25, 0.3) is 0 Å². The molecule has 1 fully saturated rings. The van der Waals surface area contributed by atoms with Gasteiger partial charge in [0.1, 0.15) is 5.75 Å². The van der Waals surface area contributed by atoms with E-state index in [1.165, 1.54) is 31.2 Å². The van der Waals surface area contributed by atoms with Crippen molar-refractivity contribution in [3.05, 3.63) is 29.8 Å². The maximum atomic E-state index is 5.32. The van der Waals surface area contributed by atoms with Crippen LogP contribution in [0, 0.1) is 5.92 Å². The van der Waals surface area contributed by atoms with E-state index in [2.05, 4.69) is 65.4 Å². The largest absolute Gasteiger partial charge is 0.497 e. The Bertz CT molecular complexity index is 558. The molecule has 5 nitrogen and oxygen atoms in total. The molecule has 2 rings (SSSR count). The fourth-order valence-corrected chi connectivity index (χ4v) is 3.91. The number of rotatable bonds is 7. The minimum absolute atomic E-state index is 0.432. The zero-order valence-electron chi connectivity index (χ0n) is 17.2. The molecule has 2 unspecified atom stereocenters. The highest BCUT2D eigenvalue weighted by molar-refractivity contribution is 5.79. The van der Waals surface area contributed by atoms with E-state index in [0.717, 1.165) is 31.3 Å². The number of methoxy groups -OCH3 is 1. The lowest BCUT2D eigenvalue weighted by atomic mass is 9.85. The number of piperidine rings is 1. The van der Waals surface area contributed by atoms with Crippen LogP contribution in [0.1, 0.15) is 44.2 Å². The second-order valence-electron chi connectivity index (χ2n) is 7.30. The summed E-state index contributed by atoms with van der Waals surface area (Å²) in [5.41, 5.74) is 1.37. The molecule has 0 amide bonds. The summed E-state index contributed by atoms with van der Waals surface area (Å²) >= 11 is 0. The summed E-state index contributed by atoms with van der Waals surface area (Å²) in [7, 11) is 7.95. The van der Waals surface area contributed by atoms with E-state index in [0.29, 0.717) is 12.0 Å². The number of unbranched alkanes of at least 4 members (excludes halogenated alkanes) is 1. The molecule has 0 aliphatic carbocycles. The van der Waals surface area contributed by atoms with Crippen LogP contribution in [-0.2, 0) is 0 Å². The van der Waals surface area contributed by atoms with Gasteiger partial charge in [-0.15, -0.1) is 0 Å². The van der Waals surface area contributed by atoms with Crippen molar-refractivity contribution in [2.24, 2.45) is 10.9 Å². The van der Waals surface area contributed by atoms with Crippen molar-refractivity contribution in [2.75, 3.05) is 47.9 Å². The molecule has 1 aliphatic rings.